The first-order valence-electron chi connectivity index (χ1n) is 0. The summed E-state index contributed by atoms with van der Waals surface area (Å²) in [6.07, 6.45) is 0. The molecule has 4 heavy (non-hydrogen) atoms. The fourth-order valence-corrected chi connectivity index (χ4v) is 0. The van der Waals surface area contributed by atoms with Crippen LogP contribution in [0, 0.1) is 0 Å². The van der Waals surface area contributed by atoms with E-state index in [0.29, 0.717) is 0 Å². The molecule has 0 spiro atoms. The summed E-state index contributed by atoms with van der Waals surface area (Å²) in [6, 6.07) is 0. The Balaban J connectivity index is 0. The second-order valence-corrected chi connectivity index (χ2v) is 0. The zero-order chi connectivity index (χ0) is 0. The summed E-state index contributed by atoms with van der Waals surface area (Å²) in [5.74, 6) is 0. The van der Waals surface area contributed by atoms with Gasteiger partial charge in [0.2, 0.25) is 0 Å². The van der Waals surface area contributed by atoms with Crippen molar-refractivity contribution in [2.24, 2.45) is 0 Å². The van der Waals surface area contributed by atoms with Crippen LogP contribution in [-0.4, -0.2) is 0 Å². The molecule has 0 atom stereocenters. The Morgan fingerprint density at radius 2 is 1.00 bits per heavy atom. The normalized spacial score (nSPS) is 0. The van der Waals surface area contributed by atoms with Gasteiger partial charge in [-0.1, -0.05) is 0 Å². The molecule has 0 aliphatic heterocycles. The van der Waals surface area contributed by atoms with Crippen LogP contribution in [0.2, 0.25) is 0 Å². The molecule has 0 aliphatic carbocycles. The van der Waals surface area contributed by atoms with E-state index in [9.17, 15) is 0 Å². The van der Waals surface area contributed by atoms with E-state index in [1.54, 1.807) is 0 Å². The third-order valence-corrected chi connectivity index (χ3v) is 0. The van der Waals surface area contributed by atoms with Gasteiger partial charge in [-0.15, -0.1) is 0 Å². The minimum atomic E-state index is 0. The molecule has 0 amide bonds. The van der Waals surface area contributed by atoms with Crippen molar-refractivity contribution in [2.45, 2.75) is 0 Å². The van der Waals surface area contributed by atoms with Gasteiger partial charge in [-0.3, -0.25) is 0 Å². The molecule has 0 saturated heterocycles. The standard InChI is InChI=1S/Co.Cu.Ni.Zn. The van der Waals surface area contributed by atoms with Crippen molar-refractivity contribution < 1.29 is 69.8 Å². The molecule has 2 radical (unpaired) electrons. The van der Waals surface area contributed by atoms with Gasteiger partial charge in [0, 0.05) is 69.8 Å². The summed E-state index contributed by atoms with van der Waals surface area (Å²) in [4.78, 5) is 0. The predicted octanol–water partition coefficient (Wildman–Crippen LogP) is -0.0100. The zero-order valence-electron chi connectivity index (χ0n) is 1.66. The third kappa shape index (κ3) is 8.91. The first kappa shape index (κ1) is 35.4. The van der Waals surface area contributed by atoms with Crippen molar-refractivity contribution in [3.63, 3.8) is 0 Å². The summed E-state index contributed by atoms with van der Waals surface area (Å²) in [6.45, 7) is 0. The number of rotatable bonds is 0. The molecule has 0 unspecified atom stereocenters. The minimum Gasteiger partial charge on any atom is 0 e. The van der Waals surface area contributed by atoms with Crippen LogP contribution < -0.4 is 0 Å². The maximum atomic E-state index is 0. The minimum absolute atomic E-state index is 0. The molecule has 4 heteroatoms. The summed E-state index contributed by atoms with van der Waals surface area (Å²) < 4.78 is 0. The van der Waals surface area contributed by atoms with Crippen LogP contribution in [0.15, 0.2) is 0 Å². The molecule has 32 valence electrons. The van der Waals surface area contributed by atoms with Gasteiger partial charge in [0.1, 0.15) is 0 Å². The van der Waals surface area contributed by atoms with Crippen molar-refractivity contribution in [3.05, 3.63) is 0 Å². The van der Waals surface area contributed by atoms with Crippen LogP contribution in [0.5, 0.6) is 0 Å². The molecule has 0 nitrogen and oxygen atoms in total. The summed E-state index contributed by atoms with van der Waals surface area (Å²) in [5, 5.41) is 0. The van der Waals surface area contributed by atoms with Crippen LogP contribution >= 0.6 is 0 Å². The summed E-state index contributed by atoms with van der Waals surface area (Å²) >= 11 is 0. The molecule has 0 fully saturated rings. The molecular weight excluding hydrogens is 247 g/mol. The van der Waals surface area contributed by atoms with E-state index in [1.165, 1.54) is 0 Å². The van der Waals surface area contributed by atoms with Crippen LogP contribution in [0.1, 0.15) is 0 Å². The maximum Gasteiger partial charge on any atom is 0 e. The monoisotopic (exact) mass is 244 g/mol. The quantitative estimate of drug-likeness (QED) is 0.528. The van der Waals surface area contributed by atoms with Gasteiger partial charge in [0.15, 0.2) is 0 Å². The Kier molecular flexibility index (Phi) is 170. The molecule has 0 aliphatic rings. The van der Waals surface area contributed by atoms with Crippen LogP contribution in [0.4, 0.5) is 0 Å². The van der Waals surface area contributed by atoms with E-state index in [0.717, 1.165) is 0 Å². The average molecular weight is 247 g/mol. The molecule has 0 aromatic heterocycles. The Hall–Kier alpha value is 2.14. The van der Waals surface area contributed by atoms with E-state index >= 15 is 0 Å². The molecule has 0 aromatic rings. The molecule has 0 bridgehead atoms. The Morgan fingerprint density at radius 3 is 1.00 bits per heavy atom. The first-order chi connectivity index (χ1) is 0. The number of hydrogen-bond acceptors (Lipinski definition) is 0. The van der Waals surface area contributed by atoms with E-state index in [4.69, 9.17) is 0 Å². The van der Waals surface area contributed by atoms with Crippen molar-refractivity contribution in [1.82, 2.24) is 0 Å². The topological polar surface area (TPSA) is 0 Å². The molecule has 0 N–H and O–H groups in total. The van der Waals surface area contributed by atoms with Gasteiger partial charge >= 0.3 is 0 Å². The van der Waals surface area contributed by atoms with E-state index in [-0.39, 0.29) is 69.8 Å². The second kappa shape index (κ2) is 19.2. The van der Waals surface area contributed by atoms with E-state index in [1.807, 2.05) is 0 Å². The predicted molar refractivity (Wildman–Crippen MR) is 0 cm³/mol. The molecule has 0 heterocycles. The fourth-order valence-electron chi connectivity index (χ4n) is 0. The van der Waals surface area contributed by atoms with Crippen molar-refractivity contribution in [2.75, 3.05) is 0 Å². The largest absolute Gasteiger partial charge is 0 e. The van der Waals surface area contributed by atoms with Gasteiger partial charge in [-0.2, -0.15) is 0 Å². The van der Waals surface area contributed by atoms with Crippen molar-refractivity contribution in [1.29, 1.82) is 0 Å². The SMILES string of the molecule is [Co].[Cu].[Ni].[Zn]. The fraction of sp³-hybridized carbons (Fsp3) is 0. The van der Waals surface area contributed by atoms with Gasteiger partial charge in [-0.25, -0.2) is 0 Å². The molecule has 0 rings (SSSR count). The summed E-state index contributed by atoms with van der Waals surface area (Å²) in [7, 11) is 0. The van der Waals surface area contributed by atoms with Gasteiger partial charge in [-0.05, 0) is 0 Å². The summed E-state index contributed by atoms with van der Waals surface area (Å²) in [5.41, 5.74) is 0. The van der Waals surface area contributed by atoms with Crippen LogP contribution in [-0.2, 0) is 69.8 Å². The van der Waals surface area contributed by atoms with E-state index < -0.39 is 0 Å². The maximum absolute atomic E-state index is 0. The first-order valence-corrected chi connectivity index (χ1v) is 0. The van der Waals surface area contributed by atoms with E-state index in [2.05, 4.69) is 0 Å². The molecule has 0 saturated carbocycles. The van der Waals surface area contributed by atoms with Crippen molar-refractivity contribution >= 4 is 0 Å². The van der Waals surface area contributed by atoms with Crippen LogP contribution in [0.25, 0.3) is 0 Å². The third-order valence-electron chi connectivity index (χ3n) is 0. The van der Waals surface area contributed by atoms with Gasteiger partial charge in [0.25, 0.3) is 0 Å². The molecular formula is CoCuNiZn. The Labute approximate surface area is 69.2 Å². The smallest absolute Gasteiger partial charge is 0 e. The Morgan fingerprint density at radius 1 is 1.00 bits per heavy atom. The van der Waals surface area contributed by atoms with Gasteiger partial charge in [0.05, 0.1) is 0 Å². The average Bonchev–Trinajstić information content (AvgIpc) is 0. The van der Waals surface area contributed by atoms with Crippen LogP contribution in [0.3, 0.4) is 0 Å². The zero-order valence-corrected chi connectivity index (χ0v) is 7.60. The van der Waals surface area contributed by atoms with Crippen molar-refractivity contribution in [3.8, 4) is 0 Å². The Bertz CT molecular complexity index is 8.00. The molecule has 0 aromatic carbocycles. The van der Waals surface area contributed by atoms with Gasteiger partial charge < -0.3 is 0 Å². The number of hydrogen-bond donors (Lipinski definition) is 0. The second-order valence-electron chi connectivity index (χ2n) is 0.